The maximum Gasteiger partial charge on any atom is 0.389 e. The molecule has 1 aromatic carbocycles. The number of nitrogens with one attached hydrogen (secondary N) is 1. The van der Waals surface area contributed by atoms with Gasteiger partial charge in [0.15, 0.2) is 11.5 Å². The highest BCUT2D eigenvalue weighted by atomic mass is 35.5. The molecule has 4 heterocycles. The zero-order valence-electron chi connectivity index (χ0n) is 19.4. The predicted molar refractivity (Wildman–Crippen MR) is 131 cm³/mol. The summed E-state index contributed by atoms with van der Waals surface area (Å²) < 4.78 is 40.3. The molecule has 0 bridgehead atoms. The fourth-order valence-corrected chi connectivity index (χ4v) is 5.50. The van der Waals surface area contributed by atoms with Gasteiger partial charge in [-0.15, -0.1) is 0 Å². The second-order valence-corrected chi connectivity index (χ2v) is 9.84. The van der Waals surface area contributed by atoms with Gasteiger partial charge in [-0.1, -0.05) is 30.2 Å². The third-order valence-corrected chi connectivity index (χ3v) is 7.51. The number of hydrogen-bond donors (Lipinski definition) is 2. The summed E-state index contributed by atoms with van der Waals surface area (Å²) in [5.74, 6) is 0.266. The van der Waals surface area contributed by atoms with Crippen molar-refractivity contribution in [3.05, 3.63) is 64.7 Å². The molecule has 1 fully saturated rings. The Labute approximate surface area is 214 Å². The summed E-state index contributed by atoms with van der Waals surface area (Å²) in [6, 6.07) is 7.12. The summed E-state index contributed by atoms with van der Waals surface area (Å²) in [5, 5.41) is 3.44. The number of aryl methyl sites for hydroxylation is 1. The van der Waals surface area contributed by atoms with Gasteiger partial charge in [-0.3, -0.25) is 4.79 Å². The van der Waals surface area contributed by atoms with Crippen LogP contribution < -0.4 is 11.1 Å². The molecule has 2 aliphatic rings. The molecule has 12 heteroatoms. The largest absolute Gasteiger partial charge is 0.389 e. The average molecular weight is 528 g/mol. The molecule has 190 valence electrons. The molecule has 1 unspecified atom stereocenters. The highest BCUT2D eigenvalue weighted by molar-refractivity contribution is 6.30. The lowest BCUT2D eigenvalue weighted by molar-refractivity contribution is -0.134. The smallest absolute Gasteiger partial charge is 0.383 e. The molecule has 1 amide bonds. The molecule has 0 spiro atoms. The van der Waals surface area contributed by atoms with Crippen LogP contribution in [0.2, 0.25) is 5.02 Å². The van der Waals surface area contributed by atoms with E-state index in [2.05, 4.69) is 25.3 Å². The number of imidazole rings is 1. The molecule has 1 aliphatic heterocycles. The number of hydrogen-bond acceptors (Lipinski definition) is 6. The normalized spacial score (nSPS) is 19.6. The Bertz CT molecular complexity index is 1530. The zero-order chi connectivity index (χ0) is 25.9. The van der Waals surface area contributed by atoms with Gasteiger partial charge in [0.1, 0.15) is 22.7 Å². The molecule has 1 atom stereocenters. The van der Waals surface area contributed by atoms with Crippen molar-refractivity contribution in [2.24, 2.45) is 5.92 Å². The number of nitrogens with zero attached hydrogens (tertiary/aromatic N) is 5. The number of nitrogen functional groups attached to an aromatic ring is 1. The first-order valence-electron chi connectivity index (χ1n) is 11.8. The van der Waals surface area contributed by atoms with Crippen molar-refractivity contribution in [3.8, 4) is 11.5 Å². The van der Waals surface area contributed by atoms with Crippen LogP contribution in [0.4, 0.5) is 24.8 Å². The number of anilines is 2. The summed E-state index contributed by atoms with van der Waals surface area (Å²) >= 11 is 6.12. The first-order chi connectivity index (χ1) is 17.7. The lowest BCUT2D eigenvalue weighted by atomic mass is 9.59. The molecule has 1 aliphatic carbocycles. The highest BCUT2D eigenvalue weighted by Crippen LogP contribution is 2.55. The van der Waals surface area contributed by atoms with E-state index in [1.54, 1.807) is 28.9 Å². The van der Waals surface area contributed by atoms with Crippen LogP contribution >= 0.6 is 11.6 Å². The second kappa shape index (κ2) is 8.41. The van der Waals surface area contributed by atoms with E-state index in [-0.39, 0.29) is 47.1 Å². The third-order valence-electron chi connectivity index (χ3n) is 7.26. The fourth-order valence-electron chi connectivity index (χ4n) is 5.38. The van der Waals surface area contributed by atoms with Crippen molar-refractivity contribution >= 4 is 34.8 Å². The van der Waals surface area contributed by atoms with Gasteiger partial charge in [-0.25, -0.2) is 19.9 Å². The molecule has 0 radical (unpaired) electrons. The van der Waals surface area contributed by atoms with Crippen LogP contribution in [0.5, 0.6) is 0 Å². The summed E-state index contributed by atoms with van der Waals surface area (Å²) in [6.07, 6.45) is 1.62. The van der Waals surface area contributed by atoms with Crippen molar-refractivity contribution in [2.75, 3.05) is 11.1 Å². The van der Waals surface area contributed by atoms with Crippen LogP contribution in [-0.2, 0) is 16.6 Å². The van der Waals surface area contributed by atoms with Crippen LogP contribution in [0.1, 0.15) is 42.5 Å². The SMILES string of the molecule is Nc1nc(-c2cn3ccnc3c(CCC(F)(F)F)n2)nc2c1C(c1ccc(Cl)cc1)(C1CCC1)C(=O)N2. The molecular weight excluding hydrogens is 507 g/mol. The summed E-state index contributed by atoms with van der Waals surface area (Å²) in [4.78, 5) is 31.3. The van der Waals surface area contributed by atoms with Gasteiger partial charge in [-0.05, 0) is 36.5 Å². The van der Waals surface area contributed by atoms with Gasteiger partial charge in [0.25, 0.3) is 0 Å². The number of nitrogens with two attached hydrogens (primary N) is 1. The molecule has 3 N–H and O–H groups in total. The Morgan fingerprint density at radius 1 is 1.16 bits per heavy atom. The Morgan fingerprint density at radius 2 is 1.92 bits per heavy atom. The van der Waals surface area contributed by atoms with E-state index in [1.807, 2.05) is 12.1 Å². The number of fused-ring (bicyclic) bond motifs is 2. The lowest BCUT2D eigenvalue weighted by Crippen LogP contribution is -2.46. The third kappa shape index (κ3) is 3.79. The second-order valence-electron chi connectivity index (χ2n) is 9.40. The van der Waals surface area contributed by atoms with Crippen LogP contribution in [0.3, 0.4) is 0 Å². The first kappa shape index (κ1) is 23.7. The number of rotatable bonds is 5. The molecular formula is C25H21ClF3N7O. The molecule has 0 saturated heterocycles. The van der Waals surface area contributed by atoms with Crippen molar-refractivity contribution < 1.29 is 18.0 Å². The summed E-state index contributed by atoms with van der Waals surface area (Å²) in [6.45, 7) is 0. The molecule has 1 saturated carbocycles. The number of alkyl halides is 3. The monoisotopic (exact) mass is 527 g/mol. The fraction of sp³-hybridized carbons (Fsp3) is 0.320. The minimum Gasteiger partial charge on any atom is -0.383 e. The molecule has 6 rings (SSSR count). The minimum atomic E-state index is -4.34. The number of amides is 1. The minimum absolute atomic E-state index is 0.0149. The molecule has 37 heavy (non-hydrogen) atoms. The van der Waals surface area contributed by atoms with E-state index in [4.69, 9.17) is 17.3 Å². The van der Waals surface area contributed by atoms with Gasteiger partial charge >= 0.3 is 6.18 Å². The van der Waals surface area contributed by atoms with E-state index < -0.39 is 18.0 Å². The molecule has 3 aromatic heterocycles. The topological polar surface area (TPSA) is 111 Å². The van der Waals surface area contributed by atoms with E-state index in [0.717, 1.165) is 24.8 Å². The van der Waals surface area contributed by atoms with Crippen LogP contribution in [-0.4, -0.2) is 36.4 Å². The van der Waals surface area contributed by atoms with Gasteiger partial charge in [0.2, 0.25) is 5.91 Å². The zero-order valence-corrected chi connectivity index (χ0v) is 20.1. The van der Waals surface area contributed by atoms with Crippen molar-refractivity contribution in [1.82, 2.24) is 24.3 Å². The predicted octanol–water partition coefficient (Wildman–Crippen LogP) is 4.96. The molecule has 8 nitrogen and oxygen atoms in total. The van der Waals surface area contributed by atoms with Crippen LogP contribution in [0.15, 0.2) is 42.9 Å². The van der Waals surface area contributed by atoms with E-state index in [9.17, 15) is 18.0 Å². The van der Waals surface area contributed by atoms with Crippen molar-refractivity contribution in [2.45, 2.75) is 43.7 Å². The number of aromatic nitrogens is 5. The van der Waals surface area contributed by atoms with E-state index in [0.29, 0.717) is 16.2 Å². The Balaban J connectivity index is 1.48. The molecule has 4 aromatic rings. The standard InChI is InChI=1S/C25H21ClF3N7O/c26-15-6-4-14(5-7-15)25(13-2-1-3-13)18-19(30)33-20(34-21(18)35-23(25)37)17-12-36-11-10-31-22(36)16(32-17)8-9-24(27,28)29/h4-7,10-13H,1-3,8-9H2,(H3,30,33,34,35,37). The highest BCUT2D eigenvalue weighted by Gasteiger charge is 2.57. The number of halogens is 4. The Morgan fingerprint density at radius 3 is 2.59 bits per heavy atom. The number of carbonyl (C=O) groups excluding carboxylic acids is 1. The lowest BCUT2D eigenvalue weighted by Gasteiger charge is -2.41. The summed E-state index contributed by atoms with van der Waals surface area (Å²) in [5.41, 5.74) is 7.43. The van der Waals surface area contributed by atoms with Crippen molar-refractivity contribution in [3.63, 3.8) is 0 Å². The van der Waals surface area contributed by atoms with Crippen LogP contribution in [0, 0.1) is 5.92 Å². The van der Waals surface area contributed by atoms with E-state index >= 15 is 0 Å². The maximum atomic E-state index is 13.6. The van der Waals surface area contributed by atoms with E-state index in [1.165, 1.54) is 6.20 Å². The van der Waals surface area contributed by atoms with Gasteiger partial charge in [0, 0.05) is 36.5 Å². The van der Waals surface area contributed by atoms with Crippen molar-refractivity contribution in [1.29, 1.82) is 0 Å². The van der Waals surface area contributed by atoms with Gasteiger partial charge < -0.3 is 15.5 Å². The van der Waals surface area contributed by atoms with Gasteiger partial charge in [-0.2, -0.15) is 13.2 Å². The Hall–Kier alpha value is -3.73. The number of benzene rings is 1. The van der Waals surface area contributed by atoms with Crippen LogP contribution in [0.25, 0.3) is 17.2 Å². The average Bonchev–Trinajstić information content (AvgIpc) is 3.39. The maximum absolute atomic E-state index is 13.6. The summed E-state index contributed by atoms with van der Waals surface area (Å²) in [7, 11) is 0. The quantitative estimate of drug-likeness (QED) is 0.380. The first-order valence-corrected chi connectivity index (χ1v) is 12.2. The number of carbonyl (C=O) groups is 1. The van der Waals surface area contributed by atoms with Gasteiger partial charge in [0.05, 0.1) is 11.3 Å². The Kier molecular flexibility index (Phi) is 5.37.